The van der Waals surface area contributed by atoms with Gasteiger partial charge in [0.05, 0.1) is 39.6 Å². The molecule has 1 aromatic rings. The molecule has 6 heteroatoms. The van der Waals surface area contributed by atoms with Gasteiger partial charge in [-0.05, 0) is 0 Å². The van der Waals surface area contributed by atoms with E-state index < -0.39 is 6.10 Å². The number of ether oxygens (including phenoxy) is 4. The average Bonchev–Trinajstić information content (AvgIpc) is 2.47. The fourth-order valence-corrected chi connectivity index (χ4v) is 1.87. The van der Waals surface area contributed by atoms with Crippen LogP contribution in [0.5, 0.6) is 17.2 Å². The first-order valence-corrected chi connectivity index (χ1v) is 6.32. The van der Waals surface area contributed by atoms with Crippen LogP contribution < -0.4 is 19.5 Å². The molecule has 1 unspecified atom stereocenters. The van der Waals surface area contributed by atoms with Gasteiger partial charge >= 0.3 is 0 Å². The zero-order valence-corrected chi connectivity index (χ0v) is 12.4. The largest absolute Gasteiger partial charge is 0.496 e. The molecule has 0 aliphatic carbocycles. The molecule has 0 bridgehead atoms. The standard InChI is InChI=1S/C14H23NO5/c1-17-9-10(16)7-15-8-12-13(19-3)5-11(18-2)6-14(12)20-4/h5-6,10,15-16H,7-9H2,1-4H3. The van der Waals surface area contributed by atoms with Crippen LogP contribution >= 0.6 is 0 Å². The molecule has 0 radical (unpaired) electrons. The van der Waals surface area contributed by atoms with Crippen molar-refractivity contribution < 1.29 is 24.1 Å². The zero-order chi connectivity index (χ0) is 15.0. The lowest BCUT2D eigenvalue weighted by atomic mass is 10.1. The summed E-state index contributed by atoms with van der Waals surface area (Å²) in [7, 11) is 6.33. The maximum Gasteiger partial charge on any atom is 0.130 e. The minimum atomic E-state index is -0.546. The summed E-state index contributed by atoms with van der Waals surface area (Å²) in [6, 6.07) is 3.59. The first-order chi connectivity index (χ1) is 9.65. The molecular weight excluding hydrogens is 262 g/mol. The summed E-state index contributed by atoms with van der Waals surface area (Å²) in [4.78, 5) is 0. The second-order valence-electron chi connectivity index (χ2n) is 4.25. The van der Waals surface area contributed by atoms with Gasteiger partial charge < -0.3 is 29.4 Å². The van der Waals surface area contributed by atoms with Gasteiger partial charge in [-0.1, -0.05) is 0 Å². The maximum absolute atomic E-state index is 9.59. The topological polar surface area (TPSA) is 69.2 Å². The Morgan fingerprint density at radius 1 is 1.05 bits per heavy atom. The lowest BCUT2D eigenvalue weighted by Crippen LogP contribution is -2.29. The van der Waals surface area contributed by atoms with Crippen molar-refractivity contribution in [1.29, 1.82) is 0 Å². The van der Waals surface area contributed by atoms with E-state index >= 15 is 0 Å². The molecule has 0 saturated carbocycles. The maximum atomic E-state index is 9.59. The smallest absolute Gasteiger partial charge is 0.130 e. The minimum Gasteiger partial charge on any atom is -0.496 e. The molecule has 0 heterocycles. The van der Waals surface area contributed by atoms with Crippen LogP contribution in [-0.2, 0) is 11.3 Å². The molecule has 0 aliphatic heterocycles. The van der Waals surface area contributed by atoms with E-state index in [4.69, 9.17) is 18.9 Å². The molecule has 6 nitrogen and oxygen atoms in total. The molecule has 0 fully saturated rings. The van der Waals surface area contributed by atoms with Crippen LogP contribution in [0.3, 0.4) is 0 Å². The Kier molecular flexibility index (Phi) is 7.14. The Bertz CT molecular complexity index is 386. The van der Waals surface area contributed by atoms with E-state index in [-0.39, 0.29) is 0 Å². The Labute approximate surface area is 119 Å². The lowest BCUT2D eigenvalue weighted by molar-refractivity contribution is 0.0643. The highest BCUT2D eigenvalue weighted by Crippen LogP contribution is 2.33. The quantitative estimate of drug-likeness (QED) is 0.700. The molecule has 0 aliphatic rings. The fourth-order valence-electron chi connectivity index (χ4n) is 1.87. The first-order valence-electron chi connectivity index (χ1n) is 6.32. The third-order valence-electron chi connectivity index (χ3n) is 2.86. The number of hydrogen-bond donors (Lipinski definition) is 2. The Morgan fingerprint density at radius 2 is 1.65 bits per heavy atom. The van der Waals surface area contributed by atoms with Gasteiger partial charge in [-0.2, -0.15) is 0 Å². The molecule has 20 heavy (non-hydrogen) atoms. The third kappa shape index (κ3) is 4.56. The molecule has 1 aromatic carbocycles. The predicted molar refractivity (Wildman–Crippen MR) is 75.7 cm³/mol. The molecule has 0 spiro atoms. The molecule has 2 N–H and O–H groups in total. The molecular formula is C14H23NO5. The van der Waals surface area contributed by atoms with Crippen molar-refractivity contribution in [1.82, 2.24) is 5.32 Å². The number of aliphatic hydroxyl groups is 1. The van der Waals surface area contributed by atoms with Gasteiger partial charge in [0, 0.05) is 32.3 Å². The third-order valence-corrected chi connectivity index (χ3v) is 2.86. The highest BCUT2D eigenvalue weighted by atomic mass is 16.5. The normalized spacial score (nSPS) is 12.1. The van der Waals surface area contributed by atoms with E-state index in [0.717, 1.165) is 5.56 Å². The van der Waals surface area contributed by atoms with Crippen LogP contribution in [0.25, 0.3) is 0 Å². The summed E-state index contributed by atoms with van der Waals surface area (Å²) in [6.45, 7) is 1.23. The van der Waals surface area contributed by atoms with Crippen LogP contribution in [0.1, 0.15) is 5.56 Å². The predicted octanol–water partition coefficient (Wildman–Crippen LogP) is 0.809. The van der Waals surface area contributed by atoms with Crippen LogP contribution in [0.4, 0.5) is 0 Å². The summed E-state index contributed by atoms with van der Waals surface area (Å²) in [5.74, 6) is 2.02. The molecule has 0 saturated heterocycles. The highest BCUT2D eigenvalue weighted by molar-refractivity contribution is 5.50. The minimum absolute atomic E-state index is 0.296. The van der Waals surface area contributed by atoms with Crippen molar-refractivity contribution in [3.8, 4) is 17.2 Å². The molecule has 1 atom stereocenters. The van der Waals surface area contributed by atoms with Gasteiger partial charge in [-0.3, -0.25) is 0 Å². The number of benzene rings is 1. The average molecular weight is 285 g/mol. The summed E-state index contributed by atoms with van der Waals surface area (Å²) < 4.78 is 20.8. The van der Waals surface area contributed by atoms with E-state index in [9.17, 15) is 5.11 Å². The number of nitrogens with one attached hydrogen (secondary N) is 1. The number of aliphatic hydroxyl groups excluding tert-OH is 1. The second-order valence-corrected chi connectivity index (χ2v) is 4.25. The zero-order valence-electron chi connectivity index (χ0n) is 12.4. The van der Waals surface area contributed by atoms with E-state index in [1.54, 1.807) is 40.6 Å². The van der Waals surface area contributed by atoms with Crippen LogP contribution in [0.15, 0.2) is 12.1 Å². The summed E-state index contributed by atoms with van der Waals surface area (Å²) in [6.07, 6.45) is -0.546. The van der Waals surface area contributed by atoms with Gasteiger partial charge in [0.15, 0.2) is 0 Å². The monoisotopic (exact) mass is 285 g/mol. The summed E-state index contributed by atoms with van der Waals surface area (Å²) >= 11 is 0. The van der Waals surface area contributed by atoms with E-state index in [1.165, 1.54) is 0 Å². The van der Waals surface area contributed by atoms with Crippen molar-refractivity contribution in [3.63, 3.8) is 0 Å². The van der Waals surface area contributed by atoms with E-state index in [2.05, 4.69) is 5.32 Å². The molecule has 114 valence electrons. The van der Waals surface area contributed by atoms with Crippen molar-refractivity contribution >= 4 is 0 Å². The van der Waals surface area contributed by atoms with E-state index in [0.29, 0.717) is 36.9 Å². The summed E-state index contributed by atoms with van der Waals surface area (Å²) in [5, 5.41) is 12.7. The van der Waals surface area contributed by atoms with Crippen molar-refractivity contribution in [2.45, 2.75) is 12.6 Å². The molecule has 1 rings (SSSR count). The second kappa shape index (κ2) is 8.63. The van der Waals surface area contributed by atoms with E-state index in [1.807, 2.05) is 0 Å². The highest BCUT2D eigenvalue weighted by Gasteiger charge is 2.13. The van der Waals surface area contributed by atoms with Crippen LogP contribution in [-0.4, -0.2) is 52.8 Å². The van der Waals surface area contributed by atoms with Gasteiger partial charge in [0.2, 0.25) is 0 Å². The first kappa shape index (κ1) is 16.6. The number of hydrogen-bond acceptors (Lipinski definition) is 6. The van der Waals surface area contributed by atoms with Crippen molar-refractivity contribution in [2.75, 3.05) is 41.6 Å². The fraction of sp³-hybridized carbons (Fsp3) is 0.571. The number of rotatable bonds is 9. The summed E-state index contributed by atoms with van der Waals surface area (Å²) in [5.41, 5.74) is 0.875. The number of methoxy groups -OCH3 is 4. The van der Waals surface area contributed by atoms with Gasteiger partial charge in [-0.25, -0.2) is 0 Å². The molecule has 0 aromatic heterocycles. The lowest BCUT2D eigenvalue weighted by Gasteiger charge is -2.16. The SMILES string of the molecule is COCC(O)CNCc1c(OC)cc(OC)cc1OC. The van der Waals surface area contributed by atoms with Crippen LogP contribution in [0.2, 0.25) is 0 Å². The van der Waals surface area contributed by atoms with Gasteiger partial charge in [-0.15, -0.1) is 0 Å². The van der Waals surface area contributed by atoms with Crippen molar-refractivity contribution in [2.24, 2.45) is 0 Å². The van der Waals surface area contributed by atoms with Gasteiger partial charge in [0.25, 0.3) is 0 Å². The van der Waals surface area contributed by atoms with Crippen molar-refractivity contribution in [3.05, 3.63) is 17.7 Å². The van der Waals surface area contributed by atoms with Crippen LogP contribution in [0, 0.1) is 0 Å². The Balaban J connectivity index is 2.77. The Morgan fingerprint density at radius 3 is 2.10 bits per heavy atom. The Hall–Kier alpha value is -1.50. The van der Waals surface area contributed by atoms with Gasteiger partial charge in [0.1, 0.15) is 17.2 Å². The molecule has 0 amide bonds.